The van der Waals surface area contributed by atoms with Crippen molar-refractivity contribution in [2.45, 2.75) is 6.54 Å². The van der Waals surface area contributed by atoms with Crippen molar-refractivity contribution in [2.24, 2.45) is 0 Å². The quantitative estimate of drug-likeness (QED) is 0.673. The first-order valence-corrected chi connectivity index (χ1v) is 5.79. The van der Waals surface area contributed by atoms with Crippen LogP contribution in [0, 0.1) is 0 Å². The second-order valence-electron chi connectivity index (χ2n) is 3.94. The molecule has 20 heavy (non-hydrogen) atoms. The number of amides is 1. The van der Waals surface area contributed by atoms with Gasteiger partial charge in [0.15, 0.2) is 0 Å². The number of hydrogen-bond donors (Lipinski definition) is 3. The van der Waals surface area contributed by atoms with Crippen molar-refractivity contribution in [1.82, 2.24) is 19.7 Å². The van der Waals surface area contributed by atoms with Gasteiger partial charge >= 0.3 is 0 Å². The molecule has 0 aliphatic heterocycles. The Morgan fingerprint density at radius 2 is 2.35 bits per heavy atom. The Hall–Kier alpha value is -2.68. The van der Waals surface area contributed by atoms with Crippen LogP contribution >= 0.6 is 0 Å². The minimum absolute atomic E-state index is 0.00265. The zero-order chi connectivity index (χ0) is 14.5. The maximum atomic E-state index is 11.8. The molecule has 0 atom stereocenters. The summed E-state index contributed by atoms with van der Waals surface area (Å²) < 4.78 is 6.35. The van der Waals surface area contributed by atoms with E-state index in [9.17, 15) is 9.59 Å². The fourth-order valence-corrected chi connectivity index (χ4v) is 1.54. The number of aromatic nitrogens is 4. The zero-order valence-corrected chi connectivity index (χ0v) is 10.8. The van der Waals surface area contributed by atoms with Gasteiger partial charge in [0.25, 0.3) is 11.5 Å². The number of aromatic amines is 1. The van der Waals surface area contributed by atoms with Gasteiger partial charge in [0.1, 0.15) is 0 Å². The van der Waals surface area contributed by atoms with E-state index in [4.69, 9.17) is 10.5 Å². The lowest BCUT2D eigenvalue weighted by molar-refractivity contribution is 0.101. The molecule has 2 aromatic heterocycles. The lowest BCUT2D eigenvalue weighted by atomic mass is 10.4. The molecule has 0 aliphatic rings. The molecule has 0 radical (unpaired) electrons. The number of rotatable bonds is 5. The number of carbonyl (C=O) groups excluding carboxylic acids is 1. The summed E-state index contributed by atoms with van der Waals surface area (Å²) in [6.45, 7) is 0.796. The molecule has 0 spiro atoms. The number of nitrogen functional groups attached to an aromatic ring is 1. The van der Waals surface area contributed by atoms with E-state index in [1.54, 1.807) is 7.11 Å². The summed E-state index contributed by atoms with van der Waals surface area (Å²) in [5.41, 5.74) is 5.60. The highest BCUT2D eigenvalue weighted by Gasteiger charge is 2.11. The second kappa shape index (κ2) is 5.97. The summed E-state index contributed by atoms with van der Waals surface area (Å²) in [6.07, 6.45) is 1.53. The van der Waals surface area contributed by atoms with E-state index in [1.807, 2.05) is 0 Å². The summed E-state index contributed by atoms with van der Waals surface area (Å²) in [4.78, 5) is 27.1. The minimum atomic E-state index is -0.494. The molecule has 0 saturated carbocycles. The van der Waals surface area contributed by atoms with Crippen LogP contribution in [0.25, 0.3) is 0 Å². The van der Waals surface area contributed by atoms with Gasteiger partial charge in [-0.1, -0.05) is 0 Å². The van der Waals surface area contributed by atoms with Gasteiger partial charge in [-0.3, -0.25) is 14.7 Å². The number of hydrogen-bond acceptors (Lipinski definition) is 6. The Kier molecular flexibility index (Phi) is 4.11. The van der Waals surface area contributed by atoms with Crippen molar-refractivity contribution in [3.63, 3.8) is 0 Å². The van der Waals surface area contributed by atoms with E-state index in [0.717, 1.165) is 0 Å². The zero-order valence-electron chi connectivity index (χ0n) is 10.8. The maximum Gasteiger partial charge on any atom is 0.293 e. The molecule has 0 bridgehead atoms. The molecule has 0 unspecified atom stereocenters. The van der Waals surface area contributed by atoms with Gasteiger partial charge in [-0.05, 0) is 6.07 Å². The average Bonchev–Trinajstić information content (AvgIpc) is 2.86. The van der Waals surface area contributed by atoms with Gasteiger partial charge < -0.3 is 20.4 Å². The predicted molar refractivity (Wildman–Crippen MR) is 71.3 cm³/mol. The number of nitrogens with two attached hydrogens (primary N) is 1. The summed E-state index contributed by atoms with van der Waals surface area (Å²) in [5, 5.41) is 8.55. The molecule has 0 saturated heterocycles. The van der Waals surface area contributed by atoms with E-state index >= 15 is 0 Å². The van der Waals surface area contributed by atoms with Gasteiger partial charge in [-0.25, -0.2) is 0 Å². The number of ether oxygens (including phenoxy) is 1. The molecule has 2 heterocycles. The maximum absolute atomic E-state index is 11.8. The first kappa shape index (κ1) is 13.7. The van der Waals surface area contributed by atoms with Crippen LogP contribution in [-0.2, 0) is 11.3 Å². The third kappa shape index (κ3) is 3.20. The average molecular weight is 278 g/mol. The molecule has 2 aromatic rings. The summed E-state index contributed by atoms with van der Waals surface area (Å²) in [7, 11) is 1.55. The number of carbonyl (C=O) groups is 1. The molecular weight excluding hydrogens is 264 g/mol. The number of methoxy groups -OCH3 is 1. The Labute approximate surface area is 113 Å². The SMILES string of the molecule is COCCn1cc(NC(=O)c2nc(N)n[nH]2)ccc1=O. The molecule has 0 fully saturated rings. The number of pyridine rings is 1. The highest BCUT2D eigenvalue weighted by Crippen LogP contribution is 2.05. The van der Waals surface area contributed by atoms with Crippen LogP contribution in [0.1, 0.15) is 10.6 Å². The van der Waals surface area contributed by atoms with Crippen LogP contribution in [0.15, 0.2) is 23.1 Å². The van der Waals surface area contributed by atoms with E-state index in [0.29, 0.717) is 18.8 Å². The van der Waals surface area contributed by atoms with Crippen LogP contribution in [0.2, 0.25) is 0 Å². The highest BCUT2D eigenvalue weighted by atomic mass is 16.5. The van der Waals surface area contributed by atoms with E-state index < -0.39 is 5.91 Å². The van der Waals surface area contributed by atoms with E-state index in [2.05, 4.69) is 20.5 Å². The van der Waals surface area contributed by atoms with Crippen LogP contribution in [0.5, 0.6) is 0 Å². The fourth-order valence-electron chi connectivity index (χ4n) is 1.54. The summed E-state index contributed by atoms with van der Waals surface area (Å²) in [5.74, 6) is -0.511. The van der Waals surface area contributed by atoms with Crippen molar-refractivity contribution < 1.29 is 9.53 Å². The molecule has 0 aliphatic carbocycles. The van der Waals surface area contributed by atoms with Crippen LogP contribution in [-0.4, -0.2) is 39.4 Å². The van der Waals surface area contributed by atoms with Gasteiger partial charge in [-0.2, -0.15) is 4.98 Å². The smallest absolute Gasteiger partial charge is 0.293 e. The Balaban J connectivity index is 2.13. The van der Waals surface area contributed by atoms with Gasteiger partial charge in [0.2, 0.25) is 11.8 Å². The third-order valence-electron chi connectivity index (χ3n) is 2.50. The molecule has 2 rings (SSSR count). The molecule has 106 valence electrons. The lowest BCUT2D eigenvalue weighted by Crippen LogP contribution is -2.22. The predicted octanol–water partition coefficient (Wildman–Crippen LogP) is -0.553. The summed E-state index contributed by atoms with van der Waals surface area (Å²) in [6, 6.07) is 2.86. The first-order valence-electron chi connectivity index (χ1n) is 5.79. The fraction of sp³-hybridized carbons (Fsp3) is 0.273. The number of anilines is 2. The molecule has 4 N–H and O–H groups in total. The van der Waals surface area contributed by atoms with Gasteiger partial charge in [-0.15, -0.1) is 5.10 Å². The number of nitrogens with one attached hydrogen (secondary N) is 2. The van der Waals surface area contributed by atoms with Crippen molar-refractivity contribution >= 4 is 17.5 Å². The number of H-pyrrole nitrogens is 1. The Morgan fingerprint density at radius 3 is 3.00 bits per heavy atom. The van der Waals surface area contributed by atoms with Gasteiger partial charge in [0.05, 0.1) is 12.3 Å². The molecule has 0 aromatic carbocycles. The van der Waals surface area contributed by atoms with Crippen molar-refractivity contribution in [2.75, 3.05) is 24.8 Å². The third-order valence-corrected chi connectivity index (χ3v) is 2.50. The molecule has 9 heteroatoms. The normalized spacial score (nSPS) is 10.4. The van der Waals surface area contributed by atoms with Gasteiger partial charge in [0, 0.05) is 25.9 Å². The highest BCUT2D eigenvalue weighted by molar-refractivity contribution is 6.01. The van der Waals surface area contributed by atoms with E-state index in [1.165, 1.54) is 22.9 Å². The van der Waals surface area contributed by atoms with Crippen LogP contribution in [0.3, 0.4) is 0 Å². The summed E-state index contributed by atoms with van der Waals surface area (Å²) >= 11 is 0. The monoisotopic (exact) mass is 278 g/mol. The lowest BCUT2D eigenvalue weighted by Gasteiger charge is -2.08. The van der Waals surface area contributed by atoms with Crippen molar-refractivity contribution in [1.29, 1.82) is 0 Å². The molecule has 1 amide bonds. The second-order valence-corrected chi connectivity index (χ2v) is 3.94. The van der Waals surface area contributed by atoms with Crippen molar-refractivity contribution in [3.8, 4) is 0 Å². The minimum Gasteiger partial charge on any atom is -0.383 e. The first-order chi connectivity index (χ1) is 9.60. The largest absolute Gasteiger partial charge is 0.383 e. The molecule has 9 nitrogen and oxygen atoms in total. The molecular formula is C11H14N6O3. The van der Waals surface area contributed by atoms with E-state index in [-0.39, 0.29) is 17.3 Å². The van der Waals surface area contributed by atoms with Crippen LogP contribution in [0.4, 0.5) is 11.6 Å². The topological polar surface area (TPSA) is 128 Å². The van der Waals surface area contributed by atoms with Crippen LogP contribution < -0.4 is 16.6 Å². The number of nitrogens with zero attached hydrogens (tertiary/aromatic N) is 3. The Bertz CT molecular complexity index is 662. The van der Waals surface area contributed by atoms with Crippen molar-refractivity contribution in [3.05, 3.63) is 34.5 Å². The Morgan fingerprint density at radius 1 is 1.55 bits per heavy atom. The standard InChI is InChI=1S/C11H14N6O3/c1-20-5-4-17-6-7(2-3-8(17)18)13-10(19)9-14-11(12)16-15-9/h2-3,6H,4-5H2,1H3,(H,13,19)(H3,12,14,15,16).